The van der Waals surface area contributed by atoms with Gasteiger partial charge >= 0.3 is 5.97 Å². The van der Waals surface area contributed by atoms with Crippen molar-refractivity contribution in [2.75, 3.05) is 50.6 Å². The zero-order valence-electron chi connectivity index (χ0n) is 17.2. The number of rotatable bonds is 8. The third kappa shape index (κ3) is 6.69. The third-order valence-electron chi connectivity index (χ3n) is 4.77. The summed E-state index contributed by atoms with van der Waals surface area (Å²) in [5, 5.41) is 5.23. The molecule has 0 aliphatic carbocycles. The predicted molar refractivity (Wildman–Crippen MR) is 113 cm³/mol. The minimum absolute atomic E-state index is 0.164. The highest BCUT2D eigenvalue weighted by molar-refractivity contribution is 5.72. The van der Waals surface area contributed by atoms with Crippen LogP contribution in [0.3, 0.4) is 0 Å². The quantitative estimate of drug-likeness (QED) is 0.653. The van der Waals surface area contributed by atoms with E-state index in [4.69, 9.17) is 4.74 Å². The second kappa shape index (κ2) is 10.7. The van der Waals surface area contributed by atoms with Crippen LogP contribution < -0.4 is 15.8 Å². The Balaban J connectivity index is 1.51. The number of ether oxygens (including phenoxy) is 1. The molecule has 0 saturated carbocycles. The van der Waals surface area contributed by atoms with Crippen molar-refractivity contribution in [1.29, 1.82) is 0 Å². The van der Waals surface area contributed by atoms with Crippen LogP contribution in [0.4, 0.5) is 11.8 Å². The first-order valence-electron chi connectivity index (χ1n) is 10.0. The number of anilines is 2. The Bertz CT molecular complexity index is 771. The van der Waals surface area contributed by atoms with Crippen molar-refractivity contribution in [1.82, 2.24) is 20.3 Å². The normalized spacial score (nSPS) is 17.1. The Labute approximate surface area is 172 Å². The lowest BCUT2D eigenvalue weighted by atomic mass is 10.0. The van der Waals surface area contributed by atoms with Gasteiger partial charge in [0.15, 0.2) is 0 Å². The molecule has 29 heavy (non-hydrogen) atoms. The highest BCUT2D eigenvalue weighted by Crippen LogP contribution is 2.17. The van der Waals surface area contributed by atoms with Crippen molar-refractivity contribution in [2.45, 2.75) is 19.4 Å². The van der Waals surface area contributed by atoms with Gasteiger partial charge in [0.2, 0.25) is 5.95 Å². The standard InChI is InChI=1S/C21H30N6O2/c1-26(2)14-12-22-19-10-11-23-21(25-19)27-13-6-9-18(15-24-27)20(28)29-16-17-7-4-3-5-8-17/h3-5,7-8,10-11,18,24H,6,9,12-16H2,1-2H3,(H,22,23,25). The number of aromatic nitrogens is 2. The number of benzene rings is 1. The summed E-state index contributed by atoms with van der Waals surface area (Å²) in [6.45, 7) is 3.29. The molecule has 1 aliphatic rings. The molecule has 1 fully saturated rings. The van der Waals surface area contributed by atoms with Gasteiger partial charge in [-0.05, 0) is 38.6 Å². The molecule has 1 aliphatic heterocycles. The molecule has 156 valence electrons. The molecular weight excluding hydrogens is 368 g/mol. The molecule has 2 heterocycles. The van der Waals surface area contributed by atoms with E-state index >= 15 is 0 Å². The Morgan fingerprint density at radius 3 is 2.93 bits per heavy atom. The molecule has 1 saturated heterocycles. The fraction of sp³-hybridized carbons (Fsp3) is 0.476. The number of hydrogen-bond donors (Lipinski definition) is 2. The smallest absolute Gasteiger partial charge is 0.310 e. The van der Waals surface area contributed by atoms with Gasteiger partial charge in [-0.25, -0.2) is 10.4 Å². The highest BCUT2D eigenvalue weighted by Gasteiger charge is 2.25. The number of likely N-dealkylation sites (N-methyl/N-ethyl adjacent to an activating group) is 1. The number of nitrogens with one attached hydrogen (secondary N) is 2. The zero-order valence-corrected chi connectivity index (χ0v) is 17.2. The van der Waals surface area contributed by atoms with Crippen molar-refractivity contribution < 1.29 is 9.53 Å². The van der Waals surface area contributed by atoms with Crippen molar-refractivity contribution in [3.8, 4) is 0 Å². The molecule has 1 unspecified atom stereocenters. The van der Waals surface area contributed by atoms with Crippen LogP contribution in [-0.4, -0.2) is 61.1 Å². The molecule has 1 aromatic carbocycles. The van der Waals surface area contributed by atoms with Gasteiger partial charge in [0.1, 0.15) is 12.4 Å². The second-order valence-corrected chi connectivity index (χ2v) is 7.42. The van der Waals surface area contributed by atoms with Gasteiger partial charge in [-0.2, -0.15) is 4.98 Å². The van der Waals surface area contributed by atoms with E-state index in [9.17, 15) is 4.79 Å². The van der Waals surface area contributed by atoms with Crippen molar-refractivity contribution >= 4 is 17.7 Å². The fourth-order valence-electron chi connectivity index (χ4n) is 3.10. The average Bonchev–Trinajstić information content (AvgIpc) is 2.99. The van der Waals surface area contributed by atoms with Crippen molar-refractivity contribution in [3.63, 3.8) is 0 Å². The fourth-order valence-corrected chi connectivity index (χ4v) is 3.10. The summed E-state index contributed by atoms with van der Waals surface area (Å²) < 4.78 is 5.50. The van der Waals surface area contributed by atoms with E-state index in [-0.39, 0.29) is 11.9 Å². The summed E-state index contributed by atoms with van der Waals surface area (Å²) in [5.41, 5.74) is 4.30. The Morgan fingerprint density at radius 2 is 2.14 bits per heavy atom. The lowest BCUT2D eigenvalue weighted by molar-refractivity contribution is -0.149. The molecule has 2 N–H and O–H groups in total. The number of carbonyl (C=O) groups is 1. The third-order valence-corrected chi connectivity index (χ3v) is 4.77. The van der Waals surface area contributed by atoms with Crippen LogP contribution in [0.25, 0.3) is 0 Å². The lowest BCUT2D eigenvalue weighted by Gasteiger charge is -2.22. The number of nitrogens with zero attached hydrogens (tertiary/aromatic N) is 4. The monoisotopic (exact) mass is 398 g/mol. The van der Waals surface area contributed by atoms with Gasteiger partial charge < -0.3 is 15.0 Å². The number of carbonyl (C=O) groups excluding carboxylic acids is 1. The average molecular weight is 399 g/mol. The van der Waals surface area contributed by atoms with Gasteiger partial charge in [-0.3, -0.25) is 9.80 Å². The maximum Gasteiger partial charge on any atom is 0.310 e. The zero-order chi connectivity index (χ0) is 20.5. The van der Waals surface area contributed by atoms with E-state index in [1.807, 2.05) is 55.5 Å². The van der Waals surface area contributed by atoms with Crippen LogP contribution in [0.1, 0.15) is 18.4 Å². The molecule has 2 aromatic rings. The Hall–Kier alpha value is -2.71. The Kier molecular flexibility index (Phi) is 7.77. The van der Waals surface area contributed by atoms with Gasteiger partial charge in [0, 0.05) is 32.4 Å². The minimum atomic E-state index is -0.176. The molecule has 3 rings (SSSR count). The van der Waals surface area contributed by atoms with E-state index < -0.39 is 0 Å². The van der Waals surface area contributed by atoms with Crippen LogP contribution in [0.5, 0.6) is 0 Å². The molecule has 0 radical (unpaired) electrons. The SMILES string of the molecule is CN(C)CCNc1ccnc(N2CCCC(C(=O)OCc3ccccc3)CN2)n1. The molecular formula is C21H30N6O2. The van der Waals surface area contributed by atoms with Crippen LogP contribution >= 0.6 is 0 Å². The molecule has 8 heteroatoms. The van der Waals surface area contributed by atoms with E-state index in [1.165, 1.54) is 0 Å². The predicted octanol–water partition coefficient (Wildman–Crippen LogP) is 1.91. The van der Waals surface area contributed by atoms with Crippen molar-refractivity contribution in [3.05, 3.63) is 48.2 Å². The summed E-state index contributed by atoms with van der Waals surface area (Å²) in [5.74, 6) is 1.06. The summed E-state index contributed by atoms with van der Waals surface area (Å²) in [6.07, 6.45) is 3.39. The molecule has 8 nitrogen and oxygen atoms in total. The molecule has 0 amide bonds. The first-order chi connectivity index (χ1) is 14.1. The summed E-state index contributed by atoms with van der Waals surface area (Å²) in [4.78, 5) is 23.5. The van der Waals surface area contributed by atoms with E-state index in [0.29, 0.717) is 19.1 Å². The molecule has 0 bridgehead atoms. The van der Waals surface area contributed by atoms with Crippen molar-refractivity contribution in [2.24, 2.45) is 5.92 Å². The molecule has 1 atom stereocenters. The van der Waals surface area contributed by atoms with Crippen LogP contribution in [0, 0.1) is 5.92 Å². The summed E-state index contributed by atoms with van der Waals surface area (Å²) in [7, 11) is 4.07. The van der Waals surface area contributed by atoms with Gasteiger partial charge in [-0.1, -0.05) is 30.3 Å². The van der Waals surface area contributed by atoms with Gasteiger partial charge in [0.25, 0.3) is 0 Å². The highest BCUT2D eigenvalue weighted by atomic mass is 16.5. The topological polar surface area (TPSA) is 82.6 Å². The van der Waals surface area contributed by atoms with E-state index in [0.717, 1.165) is 43.9 Å². The number of hydrazine groups is 1. The van der Waals surface area contributed by atoms with E-state index in [1.54, 1.807) is 6.20 Å². The first-order valence-corrected chi connectivity index (χ1v) is 10.0. The second-order valence-electron chi connectivity index (χ2n) is 7.42. The van der Waals surface area contributed by atoms with Crippen LogP contribution in [0.2, 0.25) is 0 Å². The largest absolute Gasteiger partial charge is 0.461 e. The van der Waals surface area contributed by atoms with Gasteiger partial charge in [-0.15, -0.1) is 0 Å². The number of hydrogen-bond acceptors (Lipinski definition) is 8. The van der Waals surface area contributed by atoms with E-state index in [2.05, 4.69) is 25.6 Å². The summed E-state index contributed by atoms with van der Waals surface area (Å²) in [6, 6.07) is 11.6. The molecule has 1 aromatic heterocycles. The minimum Gasteiger partial charge on any atom is -0.461 e. The maximum absolute atomic E-state index is 12.5. The Morgan fingerprint density at radius 1 is 1.31 bits per heavy atom. The van der Waals surface area contributed by atoms with Crippen LogP contribution in [0.15, 0.2) is 42.6 Å². The lowest BCUT2D eigenvalue weighted by Crippen LogP contribution is -2.41. The number of esters is 1. The van der Waals surface area contributed by atoms with Crippen LogP contribution in [-0.2, 0) is 16.1 Å². The van der Waals surface area contributed by atoms with Gasteiger partial charge in [0.05, 0.1) is 5.92 Å². The maximum atomic E-state index is 12.5. The first kappa shape index (κ1) is 21.0. The molecule has 0 spiro atoms. The summed E-state index contributed by atoms with van der Waals surface area (Å²) >= 11 is 0.